The molecule has 1 aromatic rings. The van der Waals surface area contributed by atoms with Gasteiger partial charge in [0, 0.05) is 23.8 Å². The molecule has 1 aromatic carbocycles. The summed E-state index contributed by atoms with van der Waals surface area (Å²) < 4.78 is 0. The van der Waals surface area contributed by atoms with Crippen molar-refractivity contribution in [2.75, 3.05) is 11.9 Å². The lowest BCUT2D eigenvalue weighted by atomic mass is 10.1. The average Bonchev–Trinajstić information content (AvgIpc) is 2.20. The van der Waals surface area contributed by atoms with Crippen LogP contribution >= 0.6 is 11.6 Å². The van der Waals surface area contributed by atoms with E-state index in [2.05, 4.69) is 0 Å². The predicted molar refractivity (Wildman–Crippen MR) is 66.3 cm³/mol. The van der Waals surface area contributed by atoms with Gasteiger partial charge in [-0.05, 0) is 31.5 Å². The van der Waals surface area contributed by atoms with Gasteiger partial charge in [0.2, 0.25) is 0 Å². The molecule has 1 atom stereocenters. The van der Waals surface area contributed by atoms with E-state index in [0.29, 0.717) is 5.02 Å². The molecular weight excluding hydrogens is 226 g/mol. The van der Waals surface area contributed by atoms with E-state index >= 15 is 0 Å². The number of rotatable bonds is 4. The first-order valence-electron chi connectivity index (χ1n) is 5.12. The molecule has 0 heterocycles. The Morgan fingerprint density at radius 1 is 1.56 bits per heavy atom. The molecule has 0 aromatic heterocycles. The second-order valence-corrected chi connectivity index (χ2v) is 4.40. The van der Waals surface area contributed by atoms with Crippen molar-refractivity contribution in [2.24, 2.45) is 0 Å². The highest BCUT2D eigenvalue weighted by Crippen LogP contribution is 2.24. The number of halogens is 1. The molecular formula is C12H16ClNO2. The molecule has 0 aliphatic rings. The lowest BCUT2D eigenvalue weighted by Gasteiger charge is -2.26. The number of hydrogen-bond acceptors (Lipinski definition) is 2. The molecule has 0 aliphatic carbocycles. The normalized spacial score (nSPS) is 12.2. The molecule has 0 saturated heterocycles. The molecule has 16 heavy (non-hydrogen) atoms. The van der Waals surface area contributed by atoms with Gasteiger partial charge >= 0.3 is 5.97 Å². The SMILES string of the molecule is Cc1ccc(N(C)C(C)CC(=O)O)cc1Cl. The van der Waals surface area contributed by atoms with Crippen LogP contribution in [0.2, 0.25) is 5.02 Å². The van der Waals surface area contributed by atoms with Crippen LogP contribution in [0.15, 0.2) is 18.2 Å². The largest absolute Gasteiger partial charge is 0.481 e. The number of nitrogens with zero attached hydrogens (tertiary/aromatic N) is 1. The molecule has 1 rings (SSSR count). The maximum absolute atomic E-state index is 10.6. The first-order valence-corrected chi connectivity index (χ1v) is 5.50. The van der Waals surface area contributed by atoms with Gasteiger partial charge in [-0.15, -0.1) is 0 Å². The fraction of sp³-hybridized carbons (Fsp3) is 0.417. The molecule has 0 radical (unpaired) electrons. The minimum Gasteiger partial charge on any atom is -0.481 e. The minimum atomic E-state index is -0.794. The summed E-state index contributed by atoms with van der Waals surface area (Å²) in [6.07, 6.45) is 0.113. The van der Waals surface area contributed by atoms with Crippen molar-refractivity contribution in [3.8, 4) is 0 Å². The van der Waals surface area contributed by atoms with E-state index in [0.717, 1.165) is 11.3 Å². The van der Waals surface area contributed by atoms with Crippen LogP contribution in [0.25, 0.3) is 0 Å². The first-order chi connectivity index (χ1) is 7.41. The molecule has 1 N–H and O–H groups in total. The van der Waals surface area contributed by atoms with Gasteiger partial charge in [-0.3, -0.25) is 4.79 Å². The summed E-state index contributed by atoms with van der Waals surface area (Å²) in [6, 6.07) is 5.67. The quantitative estimate of drug-likeness (QED) is 0.881. The highest BCUT2D eigenvalue weighted by molar-refractivity contribution is 6.31. The Balaban J connectivity index is 2.83. The Hall–Kier alpha value is -1.22. The molecule has 0 bridgehead atoms. The van der Waals surface area contributed by atoms with Crippen molar-refractivity contribution in [3.63, 3.8) is 0 Å². The highest BCUT2D eigenvalue weighted by atomic mass is 35.5. The number of anilines is 1. The molecule has 1 unspecified atom stereocenters. The minimum absolute atomic E-state index is 0.0590. The molecule has 0 amide bonds. The van der Waals surface area contributed by atoms with E-state index in [-0.39, 0.29) is 12.5 Å². The second kappa shape index (κ2) is 5.21. The first kappa shape index (κ1) is 12.8. The maximum atomic E-state index is 10.6. The highest BCUT2D eigenvalue weighted by Gasteiger charge is 2.14. The molecule has 4 heteroatoms. The molecule has 88 valence electrons. The Kier molecular flexibility index (Phi) is 4.19. The van der Waals surface area contributed by atoms with Gasteiger partial charge in [0.05, 0.1) is 6.42 Å². The summed E-state index contributed by atoms with van der Waals surface area (Å²) in [6.45, 7) is 3.81. The zero-order valence-electron chi connectivity index (χ0n) is 9.70. The third-order valence-corrected chi connectivity index (χ3v) is 3.10. The smallest absolute Gasteiger partial charge is 0.305 e. The molecule has 0 aliphatic heterocycles. The van der Waals surface area contributed by atoms with Gasteiger partial charge in [0.1, 0.15) is 0 Å². The molecule has 3 nitrogen and oxygen atoms in total. The van der Waals surface area contributed by atoms with Crippen LogP contribution in [0.3, 0.4) is 0 Å². The van der Waals surface area contributed by atoms with E-state index in [1.807, 2.05) is 44.0 Å². The van der Waals surface area contributed by atoms with Gasteiger partial charge in [-0.2, -0.15) is 0 Å². The summed E-state index contributed by atoms with van der Waals surface area (Å²) in [5.74, 6) is -0.794. The van der Waals surface area contributed by atoms with Crippen LogP contribution in [0.5, 0.6) is 0 Å². The van der Waals surface area contributed by atoms with Crippen LogP contribution in [0.1, 0.15) is 18.9 Å². The van der Waals surface area contributed by atoms with Crippen LogP contribution in [-0.4, -0.2) is 24.2 Å². The van der Waals surface area contributed by atoms with E-state index in [4.69, 9.17) is 16.7 Å². The van der Waals surface area contributed by atoms with Gasteiger partial charge in [0.15, 0.2) is 0 Å². The van der Waals surface area contributed by atoms with Crippen LogP contribution in [-0.2, 0) is 4.79 Å². The summed E-state index contributed by atoms with van der Waals surface area (Å²) in [5.41, 5.74) is 1.95. The van der Waals surface area contributed by atoms with Crippen molar-refractivity contribution in [1.29, 1.82) is 0 Å². The van der Waals surface area contributed by atoms with Crippen molar-refractivity contribution in [2.45, 2.75) is 26.3 Å². The zero-order chi connectivity index (χ0) is 12.3. The second-order valence-electron chi connectivity index (χ2n) is 3.99. The summed E-state index contributed by atoms with van der Waals surface area (Å²) in [7, 11) is 1.87. The van der Waals surface area contributed by atoms with Gasteiger partial charge in [0.25, 0.3) is 0 Å². The van der Waals surface area contributed by atoms with Gasteiger partial charge in [-0.25, -0.2) is 0 Å². The fourth-order valence-electron chi connectivity index (χ4n) is 1.45. The number of carboxylic acid groups (broad SMARTS) is 1. The molecule has 0 spiro atoms. The number of carboxylic acids is 1. The van der Waals surface area contributed by atoms with Crippen LogP contribution in [0.4, 0.5) is 5.69 Å². The number of hydrogen-bond donors (Lipinski definition) is 1. The summed E-state index contributed by atoms with van der Waals surface area (Å²) >= 11 is 6.03. The number of aryl methyl sites for hydroxylation is 1. The Bertz CT molecular complexity index is 393. The maximum Gasteiger partial charge on any atom is 0.305 e. The molecule has 0 saturated carbocycles. The summed E-state index contributed by atoms with van der Waals surface area (Å²) in [5, 5.41) is 9.43. The lowest BCUT2D eigenvalue weighted by molar-refractivity contribution is -0.137. The van der Waals surface area contributed by atoms with Crippen LogP contribution in [0, 0.1) is 6.92 Å². The Morgan fingerprint density at radius 2 is 2.19 bits per heavy atom. The zero-order valence-corrected chi connectivity index (χ0v) is 10.5. The van der Waals surface area contributed by atoms with Crippen molar-refractivity contribution in [3.05, 3.63) is 28.8 Å². The average molecular weight is 242 g/mol. The van der Waals surface area contributed by atoms with E-state index in [9.17, 15) is 4.79 Å². The van der Waals surface area contributed by atoms with E-state index < -0.39 is 5.97 Å². The van der Waals surface area contributed by atoms with Gasteiger partial charge < -0.3 is 10.0 Å². The van der Waals surface area contributed by atoms with Crippen molar-refractivity contribution < 1.29 is 9.90 Å². The predicted octanol–water partition coefficient (Wildman–Crippen LogP) is 2.95. The number of benzene rings is 1. The molecule has 0 fully saturated rings. The number of carbonyl (C=O) groups is 1. The van der Waals surface area contributed by atoms with Crippen molar-refractivity contribution >= 4 is 23.3 Å². The third kappa shape index (κ3) is 3.14. The van der Waals surface area contributed by atoms with E-state index in [1.54, 1.807) is 0 Å². The third-order valence-electron chi connectivity index (χ3n) is 2.69. The lowest BCUT2D eigenvalue weighted by Crippen LogP contribution is -2.30. The Morgan fingerprint density at radius 3 is 2.69 bits per heavy atom. The number of aliphatic carboxylic acids is 1. The Labute approximate surface area is 101 Å². The van der Waals surface area contributed by atoms with Crippen molar-refractivity contribution in [1.82, 2.24) is 0 Å². The van der Waals surface area contributed by atoms with Crippen LogP contribution < -0.4 is 4.90 Å². The summed E-state index contributed by atoms with van der Waals surface area (Å²) in [4.78, 5) is 12.5. The topological polar surface area (TPSA) is 40.5 Å². The van der Waals surface area contributed by atoms with Gasteiger partial charge in [-0.1, -0.05) is 17.7 Å². The fourth-order valence-corrected chi connectivity index (χ4v) is 1.62. The monoisotopic (exact) mass is 241 g/mol. The standard InChI is InChI=1S/C12H16ClNO2/c1-8-4-5-10(7-11(8)13)14(3)9(2)6-12(15)16/h4-5,7,9H,6H2,1-3H3,(H,15,16). The van der Waals surface area contributed by atoms with E-state index in [1.165, 1.54) is 0 Å².